The van der Waals surface area contributed by atoms with E-state index in [1.165, 1.54) is 29.4 Å². The molecule has 1 heterocycles. The van der Waals surface area contributed by atoms with E-state index in [2.05, 4.69) is 10.6 Å². The highest BCUT2D eigenvalue weighted by molar-refractivity contribution is 7.93. The van der Waals surface area contributed by atoms with Crippen molar-refractivity contribution < 1.29 is 18.0 Å². The van der Waals surface area contributed by atoms with Gasteiger partial charge < -0.3 is 10.6 Å². The predicted octanol–water partition coefficient (Wildman–Crippen LogP) is 4.61. The molecule has 0 saturated carbocycles. The summed E-state index contributed by atoms with van der Waals surface area (Å²) < 4.78 is 28.1. The Hall–Kier alpha value is -3.36. The summed E-state index contributed by atoms with van der Waals surface area (Å²) in [4.78, 5) is 24.0. The van der Waals surface area contributed by atoms with E-state index in [0.717, 1.165) is 11.1 Å². The number of sulfonamides is 1. The number of para-hydroxylation sites is 1. The van der Waals surface area contributed by atoms with Gasteiger partial charge in [0.05, 0.1) is 10.7 Å². The number of nitrogens with one attached hydrogen (secondary N) is 2. The third-order valence-electron chi connectivity index (χ3n) is 5.40. The van der Waals surface area contributed by atoms with Crippen LogP contribution in [-0.2, 0) is 21.2 Å². The summed E-state index contributed by atoms with van der Waals surface area (Å²) in [5.41, 5.74) is 3.66. The minimum Gasteiger partial charge on any atom is -0.326 e. The van der Waals surface area contributed by atoms with Crippen LogP contribution in [0, 0.1) is 6.92 Å². The SMILES string of the molecule is CC(=O)Nc1ccc(NC(=O)c2ccc(Cl)c(S(=O)(=O)N3CCc4ccccc43)c2)cc1C. The van der Waals surface area contributed by atoms with Crippen molar-refractivity contribution in [3.05, 3.63) is 82.4 Å². The summed E-state index contributed by atoms with van der Waals surface area (Å²) >= 11 is 6.26. The van der Waals surface area contributed by atoms with Gasteiger partial charge in [-0.3, -0.25) is 13.9 Å². The van der Waals surface area contributed by atoms with Gasteiger partial charge in [0.2, 0.25) is 5.91 Å². The maximum absolute atomic E-state index is 13.4. The summed E-state index contributed by atoms with van der Waals surface area (Å²) in [6.45, 7) is 3.54. The molecular weight excluding hydrogens is 462 g/mol. The van der Waals surface area contributed by atoms with Crippen LogP contribution in [0.4, 0.5) is 17.1 Å². The number of amides is 2. The summed E-state index contributed by atoms with van der Waals surface area (Å²) in [5, 5.41) is 5.52. The van der Waals surface area contributed by atoms with Crippen molar-refractivity contribution in [3.63, 3.8) is 0 Å². The fraction of sp³-hybridized carbons (Fsp3) is 0.167. The van der Waals surface area contributed by atoms with Crippen molar-refractivity contribution in [1.29, 1.82) is 0 Å². The standard InChI is InChI=1S/C24H22ClN3O4S/c1-15-13-19(8-10-21(15)26-16(2)29)27-24(30)18-7-9-20(25)23(14-18)33(31,32)28-12-11-17-5-3-4-6-22(17)28/h3-10,13-14H,11-12H2,1-2H3,(H,26,29)(H,27,30). The molecule has 4 rings (SSSR count). The van der Waals surface area contributed by atoms with Gasteiger partial charge in [-0.1, -0.05) is 29.8 Å². The molecule has 2 N–H and O–H groups in total. The van der Waals surface area contributed by atoms with Crippen molar-refractivity contribution in [2.45, 2.75) is 25.2 Å². The van der Waals surface area contributed by atoms with E-state index < -0.39 is 15.9 Å². The highest BCUT2D eigenvalue weighted by Gasteiger charge is 2.32. The van der Waals surface area contributed by atoms with Crippen LogP contribution in [0.15, 0.2) is 65.6 Å². The number of nitrogens with zero attached hydrogens (tertiary/aromatic N) is 1. The average molecular weight is 484 g/mol. The van der Waals surface area contributed by atoms with E-state index in [1.807, 2.05) is 19.1 Å². The van der Waals surface area contributed by atoms with Crippen LogP contribution in [0.3, 0.4) is 0 Å². The molecule has 1 aliphatic rings. The third-order valence-corrected chi connectivity index (χ3v) is 7.70. The van der Waals surface area contributed by atoms with Gasteiger partial charge in [-0.05, 0) is 66.9 Å². The van der Waals surface area contributed by atoms with Crippen LogP contribution in [-0.4, -0.2) is 26.8 Å². The number of halogens is 1. The van der Waals surface area contributed by atoms with Crippen molar-refractivity contribution in [2.75, 3.05) is 21.5 Å². The summed E-state index contributed by atoms with van der Waals surface area (Å²) in [6, 6.07) is 16.6. The average Bonchev–Trinajstić information content (AvgIpc) is 3.20. The third kappa shape index (κ3) is 4.58. The molecule has 0 saturated heterocycles. The molecular formula is C24H22ClN3O4S. The zero-order valence-electron chi connectivity index (χ0n) is 18.1. The van der Waals surface area contributed by atoms with E-state index in [9.17, 15) is 18.0 Å². The monoisotopic (exact) mass is 483 g/mol. The molecule has 0 unspecified atom stereocenters. The van der Waals surface area contributed by atoms with Gasteiger partial charge in [0, 0.05) is 30.4 Å². The largest absolute Gasteiger partial charge is 0.326 e. The van der Waals surface area contributed by atoms with Crippen LogP contribution >= 0.6 is 11.6 Å². The van der Waals surface area contributed by atoms with Gasteiger partial charge in [-0.15, -0.1) is 0 Å². The zero-order valence-corrected chi connectivity index (χ0v) is 19.6. The van der Waals surface area contributed by atoms with E-state index in [0.29, 0.717) is 30.0 Å². The molecule has 0 aromatic heterocycles. The van der Waals surface area contributed by atoms with E-state index in [4.69, 9.17) is 11.6 Å². The Morgan fingerprint density at radius 2 is 1.76 bits per heavy atom. The number of anilines is 3. The Labute approximate surface area is 197 Å². The Morgan fingerprint density at radius 3 is 2.48 bits per heavy atom. The highest BCUT2D eigenvalue weighted by Crippen LogP contribution is 2.35. The first kappa shape index (κ1) is 22.8. The Morgan fingerprint density at radius 1 is 1.00 bits per heavy atom. The maximum atomic E-state index is 13.4. The molecule has 0 radical (unpaired) electrons. The number of aryl methyl sites for hydroxylation is 1. The number of hydrogen-bond acceptors (Lipinski definition) is 4. The van der Waals surface area contributed by atoms with E-state index >= 15 is 0 Å². The molecule has 0 atom stereocenters. The van der Waals surface area contributed by atoms with Crippen molar-refractivity contribution >= 4 is 50.5 Å². The molecule has 2 amide bonds. The molecule has 170 valence electrons. The zero-order chi connectivity index (χ0) is 23.8. The lowest BCUT2D eigenvalue weighted by atomic mass is 10.1. The molecule has 7 nitrogen and oxygen atoms in total. The maximum Gasteiger partial charge on any atom is 0.265 e. The van der Waals surface area contributed by atoms with Gasteiger partial charge in [0.15, 0.2) is 0 Å². The molecule has 3 aromatic carbocycles. The molecule has 1 aliphatic heterocycles. The smallest absolute Gasteiger partial charge is 0.265 e. The Bertz CT molecular complexity index is 1370. The number of rotatable bonds is 5. The minimum atomic E-state index is -3.95. The van der Waals surface area contributed by atoms with Gasteiger partial charge in [-0.2, -0.15) is 0 Å². The second-order valence-corrected chi connectivity index (χ2v) is 10.0. The fourth-order valence-corrected chi connectivity index (χ4v) is 5.80. The fourth-order valence-electron chi connectivity index (χ4n) is 3.79. The van der Waals surface area contributed by atoms with Crippen LogP contribution in [0.5, 0.6) is 0 Å². The lowest BCUT2D eigenvalue weighted by Gasteiger charge is -2.20. The number of benzene rings is 3. The van der Waals surface area contributed by atoms with Crippen LogP contribution in [0.25, 0.3) is 0 Å². The van der Waals surface area contributed by atoms with Crippen LogP contribution < -0.4 is 14.9 Å². The Kier molecular flexibility index (Phi) is 6.14. The first-order valence-electron chi connectivity index (χ1n) is 10.3. The molecule has 0 bridgehead atoms. The Balaban J connectivity index is 1.60. The normalized spacial score (nSPS) is 12.9. The van der Waals surface area contributed by atoms with Crippen molar-refractivity contribution in [2.24, 2.45) is 0 Å². The number of fused-ring (bicyclic) bond motifs is 1. The van der Waals surface area contributed by atoms with Crippen LogP contribution in [0.1, 0.15) is 28.4 Å². The summed E-state index contributed by atoms with van der Waals surface area (Å²) in [5.74, 6) is -0.665. The predicted molar refractivity (Wildman–Crippen MR) is 130 cm³/mol. The van der Waals surface area contributed by atoms with Crippen molar-refractivity contribution in [1.82, 2.24) is 0 Å². The van der Waals surface area contributed by atoms with Crippen LogP contribution in [0.2, 0.25) is 5.02 Å². The molecule has 0 spiro atoms. The van der Waals surface area contributed by atoms with Gasteiger partial charge in [0.1, 0.15) is 4.90 Å². The van der Waals surface area contributed by atoms with Gasteiger partial charge >= 0.3 is 0 Å². The van der Waals surface area contributed by atoms with Gasteiger partial charge in [0.25, 0.3) is 15.9 Å². The summed E-state index contributed by atoms with van der Waals surface area (Å²) in [7, 11) is -3.95. The lowest BCUT2D eigenvalue weighted by molar-refractivity contribution is -0.114. The van der Waals surface area contributed by atoms with E-state index in [1.54, 1.807) is 30.3 Å². The first-order chi connectivity index (χ1) is 15.7. The summed E-state index contributed by atoms with van der Waals surface area (Å²) in [6.07, 6.45) is 0.612. The second kappa shape index (κ2) is 8.88. The molecule has 0 fully saturated rings. The quantitative estimate of drug-likeness (QED) is 0.554. The first-order valence-corrected chi connectivity index (χ1v) is 12.1. The minimum absolute atomic E-state index is 0.0476. The molecule has 3 aromatic rings. The number of hydrogen-bond donors (Lipinski definition) is 2. The molecule has 33 heavy (non-hydrogen) atoms. The second-order valence-electron chi connectivity index (χ2n) is 7.77. The van der Waals surface area contributed by atoms with Gasteiger partial charge in [-0.25, -0.2) is 8.42 Å². The number of carbonyl (C=O) groups is 2. The molecule has 9 heteroatoms. The lowest BCUT2D eigenvalue weighted by Crippen LogP contribution is -2.29. The molecule has 0 aliphatic carbocycles. The number of carbonyl (C=O) groups excluding carboxylic acids is 2. The highest BCUT2D eigenvalue weighted by atomic mass is 35.5. The topological polar surface area (TPSA) is 95.6 Å². The van der Waals surface area contributed by atoms with E-state index in [-0.39, 0.29) is 21.4 Å². The van der Waals surface area contributed by atoms with Crippen molar-refractivity contribution in [3.8, 4) is 0 Å².